The minimum atomic E-state index is -0.417. The number of furan rings is 1. The van der Waals surface area contributed by atoms with Gasteiger partial charge in [-0.05, 0) is 63.4 Å². The summed E-state index contributed by atoms with van der Waals surface area (Å²) in [6.45, 7) is 4.18. The average Bonchev–Trinajstić information content (AvgIpc) is 3.10. The smallest absolute Gasteiger partial charge is 0.374 e. The number of carbonyl (C=O) groups is 1. The monoisotopic (exact) mass is 393 g/mol. The lowest BCUT2D eigenvalue weighted by Gasteiger charge is -2.24. The van der Waals surface area contributed by atoms with Crippen LogP contribution in [0.5, 0.6) is 5.75 Å². The van der Waals surface area contributed by atoms with Crippen LogP contribution in [-0.4, -0.2) is 31.8 Å². The van der Waals surface area contributed by atoms with Gasteiger partial charge in [-0.1, -0.05) is 36.4 Å². The van der Waals surface area contributed by atoms with Gasteiger partial charge in [-0.2, -0.15) is 0 Å². The first-order chi connectivity index (χ1) is 14.2. The zero-order valence-corrected chi connectivity index (χ0v) is 16.8. The third-order valence-corrected chi connectivity index (χ3v) is 5.37. The zero-order valence-electron chi connectivity index (χ0n) is 16.8. The fourth-order valence-corrected chi connectivity index (χ4v) is 3.80. The molecule has 29 heavy (non-hydrogen) atoms. The van der Waals surface area contributed by atoms with E-state index in [4.69, 9.17) is 13.9 Å². The summed E-state index contributed by atoms with van der Waals surface area (Å²) in [5.74, 6) is 0.624. The van der Waals surface area contributed by atoms with E-state index in [0.29, 0.717) is 12.2 Å². The van der Waals surface area contributed by atoms with Gasteiger partial charge in [0.15, 0.2) is 0 Å². The molecule has 2 heterocycles. The van der Waals surface area contributed by atoms with Gasteiger partial charge in [-0.15, -0.1) is 0 Å². The number of ether oxygens (including phenoxy) is 2. The number of carbonyl (C=O) groups excluding carboxylic acids is 1. The highest BCUT2D eigenvalue weighted by Crippen LogP contribution is 2.34. The molecule has 4 rings (SSSR count). The summed E-state index contributed by atoms with van der Waals surface area (Å²) in [4.78, 5) is 12.6. The van der Waals surface area contributed by atoms with Gasteiger partial charge in [0.25, 0.3) is 0 Å². The number of piperidine rings is 1. The van der Waals surface area contributed by atoms with Crippen LogP contribution in [0.2, 0.25) is 0 Å². The lowest BCUT2D eigenvalue weighted by molar-refractivity contribution is 0.0466. The number of hydrogen-bond acceptors (Lipinski definition) is 5. The predicted octanol–water partition coefficient (Wildman–Crippen LogP) is 4.66. The first-order valence-corrected chi connectivity index (χ1v) is 10.3. The highest BCUT2D eigenvalue weighted by molar-refractivity contribution is 5.98. The van der Waals surface area contributed by atoms with E-state index in [1.54, 1.807) is 0 Å². The molecule has 0 bridgehead atoms. The summed E-state index contributed by atoms with van der Waals surface area (Å²) in [7, 11) is 0. The molecule has 1 aliphatic heterocycles. The Morgan fingerprint density at radius 2 is 1.90 bits per heavy atom. The number of hydrogen-bond donors (Lipinski definition) is 1. The van der Waals surface area contributed by atoms with Crippen LogP contribution in [-0.2, 0) is 11.2 Å². The second kappa shape index (κ2) is 9.14. The fraction of sp³-hybridized carbons (Fsp3) is 0.375. The second-order valence-electron chi connectivity index (χ2n) is 7.48. The highest BCUT2D eigenvalue weighted by Gasteiger charge is 2.23. The number of rotatable bonds is 7. The van der Waals surface area contributed by atoms with Gasteiger partial charge in [0.05, 0.1) is 12.0 Å². The lowest BCUT2D eigenvalue weighted by atomic mass is 10.1. The van der Waals surface area contributed by atoms with Gasteiger partial charge >= 0.3 is 5.97 Å². The molecule has 1 fully saturated rings. The summed E-state index contributed by atoms with van der Waals surface area (Å²) in [5.41, 5.74) is 2.67. The Hall–Kier alpha value is -2.79. The molecule has 0 unspecified atom stereocenters. The molecule has 5 nitrogen and oxygen atoms in total. The minimum Gasteiger partial charge on any atom is -0.490 e. The largest absolute Gasteiger partial charge is 0.490 e. The van der Waals surface area contributed by atoms with E-state index >= 15 is 0 Å². The van der Waals surface area contributed by atoms with Crippen molar-refractivity contribution < 1.29 is 18.7 Å². The predicted molar refractivity (Wildman–Crippen MR) is 113 cm³/mol. The maximum absolute atomic E-state index is 12.6. The van der Waals surface area contributed by atoms with Crippen LogP contribution in [0, 0.1) is 6.92 Å². The summed E-state index contributed by atoms with van der Waals surface area (Å²) in [5, 5.41) is 4.21. The molecule has 3 aromatic rings. The Balaban J connectivity index is 1.42. The van der Waals surface area contributed by atoms with Crippen molar-refractivity contribution in [3.63, 3.8) is 0 Å². The second-order valence-corrected chi connectivity index (χ2v) is 7.48. The van der Waals surface area contributed by atoms with E-state index in [0.717, 1.165) is 55.5 Å². The number of fused-ring (bicyclic) bond motifs is 1. The van der Waals surface area contributed by atoms with Crippen LogP contribution >= 0.6 is 0 Å². The number of esters is 1. The van der Waals surface area contributed by atoms with Crippen molar-refractivity contribution in [1.29, 1.82) is 0 Å². The number of nitrogens with one attached hydrogen (secondary N) is 1. The standard InChI is InChI=1S/C24H27NO4/c1-17-22-20(28-19-12-14-25-15-13-19)10-5-11-21(22)29-23(17)24(26)27-16-6-9-18-7-3-2-4-8-18/h2-5,7-8,10-11,19,25H,6,9,12-16H2,1H3. The summed E-state index contributed by atoms with van der Waals surface area (Å²) >= 11 is 0. The lowest BCUT2D eigenvalue weighted by Crippen LogP contribution is -2.34. The molecular formula is C24H27NO4. The molecule has 2 aromatic carbocycles. The summed E-state index contributed by atoms with van der Waals surface area (Å²) < 4.78 is 17.5. The van der Waals surface area contributed by atoms with E-state index < -0.39 is 5.97 Å². The first kappa shape index (κ1) is 19.5. The van der Waals surface area contributed by atoms with Crippen molar-refractivity contribution in [3.8, 4) is 5.75 Å². The molecular weight excluding hydrogens is 366 g/mol. The third kappa shape index (κ3) is 4.62. The van der Waals surface area contributed by atoms with E-state index in [1.807, 2.05) is 43.3 Å². The van der Waals surface area contributed by atoms with E-state index in [2.05, 4.69) is 17.4 Å². The first-order valence-electron chi connectivity index (χ1n) is 10.3. The van der Waals surface area contributed by atoms with Crippen LogP contribution in [0.4, 0.5) is 0 Å². The van der Waals surface area contributed by atoms with Crippen LogP contribution in [0.15, 0.2) is 52.9 Å². The van der Waals surface area contributed by atoms with Gasteiger partial charge in [0.1, 0.15) is 17.4 Å². The molecule has 0 aliphatic carbocycles. The Morgan fingerprint density at radius 3 is 2.69 bits per heavy atom. The van der Waals surface area contributed by atoms with Crippen molar-refractivity contribution in [2.24, 2.45) is 0 Å². The van der Waals surface area contributed by atoms with E-state index in [1.165, 1.54) is 5.56 Å². The van der Waals surface area contributed by atoms with E-state index in [-0.39, 0.29) is 11.9 Å². The maximum atomic E-state index is 12.6. The number of benzene rings is 2. The zero-order chi connectivity index (χ0) is 20.1. The van der Waals surface area contributed by atoms with E-state index in [9.17, 15) is 4.79 Å². The Bertz CT molecular complexity index is 958. The van der Waals surface area contributed by atoms with Crippen LogP contribution < -0.4 is 10.1 Å². The minimum absolute atomic E-state index is 0.185. The van der Waals surface area contributed by atoms with Crippen LogP contribution in [0.3, 0.4) is 0 Å². The molecule has 0 spiro atoms. The highest BCUT2D eigenvalue weighted by atomic mass is 16.5. The molecule has 1 aliphatic rings. The third-order valence-electron chi connectivity index (χ3n) is 5.37. The molecule has 0 radical (unpaired) electrons. The van der Waals surface area contributed by atoms with Gasteiger partial charge in [0, 0.05) is 5.56 Å². The molecule has 0 atom stereocenters. The Labute approximate surface area is 171 Å². The molecule has 1 saturated heterocycles. The van der Waals surface area contributed by atoms with Crippen molar-refractivity contribution in [3.05, 3.63) is 65.4 Å². The number of aryl methyl sites for hydroxylation is 2. The molecule has 0 amide bonds. The summed E-state index contributed by atoms with van der Waals surface area (Å²) in [6, 6.07) is 15.9. The van der Waals surface area contributed by atoms with Gasteiger partial charge < -0.3 is 19.2 Å². The fourth-order valence-electron chi connectivity index (χ4n) is 3.80. The van der Waals surface area contributed by atoms with Crippen molar-refractivity contribution in [2.75, 3.05) is 19.7 Å². The average molecular weight is 393 g/mol. The van der Waals surface area contributed by atoms with Crippen LogP contribution in [0.1, 0.15) is 40.9 Å². The molecule has 1 N–H and O–H groups in total. The quantitative estimate of drug-likeness (QED) is 0.467. The molecule has 0 saturated carbocycles. The van der Waals surface area contributed by atoms with Gasteiger partial charge in [-0.3, -0.25) is 0 Å². The van der Waals surface area contributed by atoms with Crippen molar-refractivity contribution >= 4 is 16.9 Å². The summed E-state index contributed by atoms with van der Waals surface area (Å²) in [6.07, 6.45) is 3.79. The van der Waals surface area contributed by atoms with Gasteiger partial charge in [0.2, 0.25) is 5.76 Å². The maximum Gasteiger partial charge on any atom is 0.374 e. The Morgan fingerprint density at radius 1 is 1.10 bits per heavy atom. The van der Waals surface area contributed by atoms with Gasteiger partial charge in [-0.25, -0.2) is 4.79 Å². The molecule has 5 heteroatoms. The van der Waals surface area contributed by atoms with Crippen molar-refractivity contribution in [2.45, 2.75) is 38.7 Å². The van der Waals surface area contributed by atoms with Crippen LogP contribution in [0.25, 0.3) is 11.0 Å². The van der Waals surface area contributed by atoms with Crippen molar-refractivity contribution in [1.82, 2.24) is 5.32 Å². The SMILES string of the molecule is Cc1c(C(=O)OCCCc2ccccc2)oc2cccc(OC3CCNCC3)c12. The topological polar surface area (TPSA) is 60.7 Å². The normalized spacial score (nSPS) is 14.8. The Kier molecular flexibility index (Phi) is 6.15. The molecule has 152 valence electrons. The molecule has 1 aromatic heterocycles.